The van der Waals surface area contributed by atoms with Gasteiger partial charge in [0.1, 0.15) is 0 Å². The highest BCUT2D eigenvalue weighted by atomic mass is 35.5. The summed E-state index contributed by atoms with van der Waals surface area (Å²) >= 11 is 5.90. The number of halogens is 1. The molecule has 1 N–H and O–H groups in total. The van der Waals surface area contributed by atoms with Crippen LogP contribution in [0.1, 0.15) is 28.4 Å². The lowest BCUT2D eigenvalue weighted by molar-refractivity contribution is 0.0951. The molecule has 19 heavy (non-hydrogen) atoms. The monoisotopic (exact) mass is 273 g/mol. The van der Waals surface area contributed by atoms with Crippen molar-refractivity contribution in [1.29, 1.82) is 0 Å². The molecule has 0 aliphatic heterocycles. The molecule has 2 rings (SSSR count). The van der Waals surface area contributed by atoms with Crippen LogP contribution < -0.4 is 5.32 Å². The van der Waals surface area contributed by atoms with Gasteiger partial charge in [0.15, 0.2) is 0 Å². The van der Waals surface area contributed by atoms with Gasteiger partial charge in [0.2, 0.25) is 0 Å². The number of nitrogens with one attached hydrogen (secondary N) is 1. The predicted molar refractivity (Wildman–Crippen MR) is 78.4 cm³/mol. The van der Waals surface area contributed by atoms with E-state index in [4.69, 9.17) is 11.6 Å². The molecule has 0 fully saturated rings. The first-order valence-corrected chi connectivity index (χ1v) is 6.68. The molecule has 0 saturated heterocycles. The smallest absolute Gasteiger partial charge is 0.251 e. The average Bonchev–Trinajstić information content (AvgIpc) is 2.45. The van der Waals surface area contributed by atoms with E-state index in [2.05, 4.69) is 12.2 Å². The quantitative estimate of drug-likeness (QED) is 0.901. The number of hydrogen-bond donors (Lipinski definition) is 1. The second kappa shape index (κ2) is 6.39. The average molecular weight is 274 g/mol. The van der Waals surface area contributed by atoms with Gasteiger partial charge in [-0.3, -0.25) is 4.79 Å². The van der Waals surface area contributed by atoms with Crippen LogP contribution in [0.15, 0.2) is 48.5 Å². The fraction of sp³-hybridized carbons (Fsp3) is 0.188. The van der Waals surface area contributed by atoms with Gasteiger partial charge >= 0.3 is 0 Å². The summed E-state index contributed by atoms with van der Waals surface area (Å²) in [5, 5.41) is 3.56. The van der Waals surface area contributed by atoms with Crippen molar-refractivity contribution in [3.8, 4) is 0 Å². The minimum Gasteiger partial charge on any atom is -0.348 e. The molecule has 2 aromatic rings. The lowest BCUT2D eigenvalue weighted by Crippen LogP contribution is -2.22. The third-order valence-electron chi connectivity index (χ3n) is 2.97. The van der Waals surface area contributed by atoms with Crippen LogP contribution >= 0.6 is 11.6 Å². The first-order chi connectivity index (χ1) is 9.19. The molecule has 0 aliphatic rings. The van der Waals surface area contributed by atoms with E-state index in [1.165, 1.54) is 5.56 Å². The minimum atomic E-state index is -0.0670. The maximum atomic E-state index is 12.0. The number of rotatable bonds is 4. The molecule has 98 valence electrons. The highest BCUT2D eigenvalue weighted by molar-refractivity contribution is 6.30. The molecular weight excluding hydrogens is 258 g/mol. The van der Waals surface area contributed by atoms with Crippen LogP contribution in [0.4, 0.5) is 0 Å². The summed E-state index contributed by atoms with van der Waals surface area (Å²) in [6.07, 6.45) is 0.977. The Kier molecular flexibility index (Phi) is 4.58. The van der Waals surface area contributed by atoms with Gasteiger partial charge < -0.3 is 5.32 Å². The van der Waals surface area contributed by atoms with E-state index >= 15 is 0 Å². The topological polar surface area (TPSA) is 29.1 Å². The van der Waals surface area contributed by atoms with Gasteiger partial charge in [-0.05, 0) is 41.8 Å². The normalized spacial score (nSPS) is 10.2. The maximum absolute atomic E-state index is 12.0. The summed E-state index contributed by atoms with van der Waals surface area (Å²) in [5.41, 5.74) is 2.90. The van der Waals surface area contributed by atoms with E-state index in [9.17, 15) is 4.79 Å². The van der Waals surface area contributed by atoms with Gasteiger partial charge in [-0.25, -0.2) is 0 Å². The zero-order chi connectivity index (χ0) is 13.7. The molecule has 0 spiro atoms. The van der Waals surface area contributed by atoms with E-state index in [0.29, 0.717) is 17.1 Å². The van der Waals surface area contributed by atoms with E-state index in [-0.39, 0.29) is 5.91 Å². The summed E-state index contributed by atoms with van der Waals surface area (Å²) in [4.78, 5) is 12.0. The minimum absolute atomic E-state index is 0.0670. The molecule has 1 amide bonds. The second-order valence-electron chi connectivity index (χ2n) is 4.36. The Hall–Kier alpha value is -1.80. The first-order valence-electron chi connectivity index (χ1n) is 6.30. The molecular formula is C16H16ClNO. The van der Waals surface area contributed by atoms with Crippen LogP contribution in [0, 0.1) is 0 Å². The SMILES string of the molecule is CCc1ccc(C(=O)NCc2cccc(Cl)c2)cc1. The molecule has 2 aromatic carbocycles. The lowest BCUT2D eigenvalue weighted by Gasteiger charge is -2.06. The Bertz CT molecular complexity index is 563. The van der Waals surface area contributed by atoms with Crippen molar-refractivity contribution in [1.82, 2.24) is 5.32 Å². The Morgan fingerprint density at radius 3 is 2.47 bits per heavy atom. The first kappa shape index (κ1) is 13.6. The number of amides is 1. The van der Waals surface area contributed by atoms with Gasteiger partial charge in [0, 0.05) is 17.1 Å². The fourth-order valence-electron chi connectivity index (χ4n) is 1.82. The molecule has 0 heterocycles. The van der Waals surface area contributed by atoms with E-state index in [1.807, 2.05) is 48.5 Å². The number of carbonyl (C=O) groups excluding carboxylic acids is 1. The standard InChI is InChI=1S/C16H16ClNO/c1-2-12-6-8-14(9-7-12)16(19)18-11-13-4-3-5-15(17)10-13/h3-10H,2,11H2,1H3,(H,18,19). The predicted octanol–water partition coefficient (Wildman–Crippen LogP) is 3.83. The van der Waals surface area contributed by atoms with Crippen LogP contribution in [0.2, 0.25) is 5.02 Å². The number of carbonyl (C=O) groups is 1. The molecule has 3 heteroatoms. The largest absolute Gasteiger partial charge is 0.348 e. The third-order valence-corrected chi connectivity index (χ3v) is 3.20. The zero-order valence-corrected chi connectivity index (χ0v) is 11.6. The van der Waals surface area contributed by atoms with Crippen molar-refractivity contribution in [2.24, 2.45) is 0 Å². The Balaban J connectivity index is 1.97. The van der Waals surface area contributed by atoms with Crippen LogP contribution in [0.5, 0.6) is 0 Å². The van der Waals surface area contributed by atoms with E-state index < -0.39 is 0 Å². The summed E-state index contributed by atoms with van der Waals surface area (Å²) < 4.78 is 0. The fourth-order valence-corrected chi connectivity index (χ4v) is 2.04. The van der Waals surface area contributed by atoms with Gasteiger partial charge in [-0.15, -0.1) is 0 Å². The highest BCUT2D eigenvalue weighted by Crippen LogP contribution is 2.11. The summed E-state index contributed by atoms with van der Waals surface area (Å²) in [6.45, 7) is 2.57. The summed E-state index contributed by atoms with van der Waals surface area (Å²) in [7, 11) is 0. The molecule has 0 saturated carbocycles. The van der Waals surface area contributed by atoms with Gasteiger partial charge in [-0.2, -0.15) is 0 Å². The van der Waals surface area contributed by atoms with Crippen molar-refractivity contribution in [2.45, 2.75) is 19.9 Å². The lowest BCUT2D eigenvalue weighted by atomic mass is 10.1. The molecule has 0 radical (unpaired) electrons. The Morgan fingerprint density at radius 2 is 1.84 bits per heavy atom. The van der Waals surface area contributed by atoms with Crippen molar-refractivity contribution in [3.63, 3.8) is 0 Å². The van der Waals surface area contributed by atoms with Crippen molar-refractivity contribution < 1.29 is 4.79 Å². The molecule has 0 unspecified atom stereocenters. The maximum Gasteiger partial charge on any atom is 0.251 e. The third kappa shape index (κ3) is 3.83. The van der Waals surface area contributed by atoms with Crippen LogP contribution in [-0.4, -0.2) is 5.91 Å². The molecule has 2 nitrogen and oxygen atoms in total. The highest BCUT2D eigenvalue weighted by Gasteiger charge is 2.04. The van der Waals surface area contributed by atoms with Crippen molar-refractivity contribution in [2.75, 3.05) is 0 Å². The number of hydrogen-bond acceptors (Lipinski definition) is 1. The van der Waals surface area contributed by atoms with Gasteiger partial charge in [0.05, 0.1) is 0 Å². The molecule has 0 aromatic heterocycles. The van der Waals surface area contributed by atoms with Crippen molar-refractivity contribution in [3.05, 3.63) is 70.2 Å². The molecule has 0 atom stereocenters. The van der Waals surface area contributed by atoms with Crippen LogP contribution in [0.3, 0.4) is 0 Å². The van der Waals surface area contributed by atoms with E-state index in [0.717, 1.165) is 12.0 Å². The van der Waals surface area contributed by atoms with Crippen LogP contribution in [0.25, 0.3) is 0 Å². The zero-order valence-electron chi connectivity index (χ0n) is 10.8. The van der Waals surface area contributed by atoms with Gasteiger partial charge in [-0.1, -0.05) is 42.8 Å². The summed E-state index contributed by atoms with van der Waals surface area (Å²) in [5.74, 6) is -0.0670. The molecule has 0 aliphatic carbocycles. The summed E-state index contributed by atoms with van der Waals surface area (Å²) in [6, 6.07) is 15.1. The number of benzene rings is 2. The second-order valence-corrected chi connectivity index (χ2v) is 4.80. The number of aryl methyl sites for hydroxylation is 1. The van der Waals surface area contributed by atoms with Gasteiger partial charge in [0.25, 0.3) is 5.91 Å². The van der Waals surface area contributed by atoms with E-state index in [1.54, 1.807) is 0 Å². The Labute approximate surface area is 118 Å². The van der Waals surface area contributed by atoms with Crippen LogP contribution in [-0.2, 0) is 13.0 Å². The Morgan fingerprint density at radius 1 is 1.11 bits per heavy atom. The molecule has 0 bridgehead atoms. The van der Waals surface area contributed by atoms with Crippen molar-refractivity contribution >= 4 is 17.5 Å².